The van der Waals surface area contributed by atoms with Gasteiger partial charge in [0.05, 0.1) is 5.69 Å². The van der Waals surface area contributed by atoms with E-state index in [4.69, 9.17) is 0 Å². The number of hydrogen-bond donors (Lipinski definition) is 0. The molecule has 1 aromatic rings. The average molecular weight is 275 g/mol. The zero-order valence-electron chi connectivity index (χ0n) is 11.6. The van der Waals surface area contributed by atoms with Gasteiger partial charge in [-0.05, 0) is 20.8 Å². The fourth-order valence-corrected chi connectivity index (χ4v) is 3.57. The molecule has 1 rings (SSSR count). The van der Waals surface area contributed by atoms with Crippen molar-refractivity contribution in [3.63, 3.8) is 0 Å². The van der Waals surface area contributed by atoms with Crippen molar-refractivity contribution in [2.45, 2.75) is 51.7 Å². The zero-order chi connectivity index (χ0) is 13.6. The smallest absolute Gasteiger partial charge is 0.159 e. The van der Waals surface area contributed by atoms with Gasteiger partial charge >= 0.3 is 0 Å². The summed E-state index contributed by atoms with van der Waals surface area (Å²) >= 11 is 1.48. The number of aryl methyl sites for hydroxylation is 1. The van der Waals surface area contributed by atoms with Gasteiger partial charge < -0.3 is 0 Å². The van der Waals surface area contributed by atoms with E-state index < -0.39 is 14.6 Å². The second-order valence-corrected chi connectivity index (χ2v) is 9.72. The lowest BCUT2D eigenvalue weighted by atomic mass is 9.91. The van der Waals surface area contributed by atoms with Gasteiger partial charge in [0.1, 0.15) is 9.75 Å². The van der Waals surface area contributed by atoms with Crippen LogP contribution in [-0.4, -0.2) is 19.7 Å². The first-order valence-corrected chi connectivity index (χ1v) is 8.26. The molecule has 17 heavy (non-hydrogen) atoms. The SMILES string of the molecule is Cc1sc(C(C)(C)S(C)(=O)=O)nc1C(C)(C)C. The summed E-state index contributed by atoms with van der Waals surface area (Å²) in [5.74, 6) is 0. The molecule has 3 nitrogen and oxygen atoms in total. The van der Waals surface area contributed by atoms with E-state index in [0.29, 0.717) is 5.01 Å². The molecule has 0 saturated carbocycles. The number of rotatable bonds is 2. The third kappa shape index (κ3) is 2.71. The molecule has 0 aliphatic rings. The van der Waals surface area contributed by atoms with Gasteiger partial charge in [0.25, 0.3) is 0 Å². The molecule has 0 aromatic carbocycles. The summed E-state index contributed by atoms with van der Waals surface area (Å²) in [6.07, 6.45) is 1.26. The molecule has 1 heterocycles. The van der Waals surface area contributed by atoms with Crippen LogP contribution in [0.5, 0.6) is 0 Å². The molecule has 5 heteroatoms. The molecule has 98 valence electrons. The summed E-state index contributed by atoms with van der Waals surface area (Å²) in [4.78, 5) is 5.66. The predicted octanol–water partition coefficient (Wildman–Crippen LogP) is 3.03. The van der Waals surface area contributed by atoms with E-state index in [-0.39, 0.29) is 5.41 Å². The fourth-order valence-electron chi connectivity index (χ4n) is 1.51. The van der Waals surface area contributed by atoms with Gasteiger partial charge in [-0.1, -0.05) is 20.8 Å². The van der Waals surface area contributed by atoms with Crippen molar-refractivity contribution >= 4 is 21.2 Å². The summed E-state index contributed by atoms with van der Waals surface area (Å²) in [5.41, 5.74) is 0.945. The van der Waals surface area contributed by atoms with Crippen LogP contribution in [0.1, 0.15) is 50.2 Å². The Labute approximate surface area is 108 Å². The van der Waals surface area contributed by atoms with Gasteiger partial charge in [0.2, 0.25) is 0 Å². The average Bonchev–Trinajstić information content (AvgIpc) is 2.44. The number of sulfone groups is 1. The molecule has 0 N–H and O–H groups in total. The number of hydrogen-bond acceptors (Lipinski definition) is 4. The molecule has 0 aliphatic heterocycles. The standard InChI is InChI=1S/C12H21NO2S2/c1-8-9(11(2,3)4)13-10(16-8)12(5,6)17(7,14)15/h1-7H3. The molecule has 0 bridgehead atoms. The van der Waals surface area contributed by atoms with Crippen molar-refractivity contribution in [3.8, 4) is 0 Å². The molecular weight excluding hydrogens is 254 g/mol. The van der Waals surface area contributed by atoms with Crippen molar-refractivity contribution in [1.82, 2.24) is 4.98 Å². The van der Waals surface area contributed by atoms with Crippen molar-refractivity contribution in [2.75, 3.05) is 6.26 Å². The van der Waals surface area contributed by atoms with Crippen molar-refractivity contribution in [3.05, 3.63) is 15.6 Å². The van der Waals surface area contributed by atoms with E-state index in [1.54, 1.807) is 13.8 Å². The van der Waals surface area contributed by atoms with Crippen LogP contribution in [0.2, 0.25) is 0 Å². The van der Waals surface area contributed by atoms with E-state index in [0.717, 1.165) is 10.6 Å². The summed E-state index contributed by atoms with van der Waals surface area (Å²) < 4.78 is 22.7. The predicted molar refractivity (Wildman–Crippen MR) is 73.4 cm³/mol. The molecule has 0 fully saturated rings. The monoisotopic (exact) mass is 275 g/mol. The van der Waals surface area contributed by atoms with Gasteiger partial charge in [-0.3, -0.25) is 0 Å². The molecule has 0 saturated heterocycles. The Balaban J connectivity index is 3.38. The molecule has 0 radical (unpaired) electrons. The fraction of sp³-hybridized carbons (Fsp3) is 0.750. The lowest BCUT2D eigenvalue weighted by molar-refractivity contribution is 0.547. The maximum Gasteiger partial charge on any atom is 0.159 e. The third-order valence-corrected chi connectivity index (χ3v) is 6.42. The molecular formula is C12H21NO2S2. The largest absolute Gasteiger partial charge is 0.244 e. The van der Waals surface area contributed by atoms with Crippen molar-refractivity contribution in [2.24, 2.45) is 0 Å². The Morgan fingerprint density at radius 2 is 1.59 bits per heavy atom. The Morgan fingerprint density at radius 1 is 1.12 bits per heavy atom. The van der Waals surface area contributed by atoms with E-state index in [1.807, 2.05) is 6.92 Å². The number of nitrogens with zero attached hydrogens (tertiary/aromatic N) is 1. The second-order valence-electron chi connectivity index (χ2n) is 5.96. The maximum atomic E-state index is 11.8. The van der Waals surface area contributed by atoms with E-state index in [2.05, 4.69) is 25.8 Å². The molecule has 0 atom stereocenters. The molecule has 0 unspecified atom stereocenters. The topological polar surface area (TPSA) is 47.0 Å². The van der Waals surface area contributed by atoms with Crippen LogP contribution in [0.3, 0.4) is 0 Å². The Kier molecular flexibility index (Phi) is 3.49. The minimum absolute atomic E-state index is 0.0492. The summed E-state index contributed by atoms with van der Waals surface area (Å²) in [6.45, 7) is 11.7. The van der Waals surface area contributed by atoms with Crippen molar-refractivity contribution < 1.29 is 8.42 Å². The van der Waals surface area contributed by atoms with Crippen LogP contribution in [0, 0.1) is 6.92 Å². The maximum absolute atomic E-state index is 11.8. The normalized spacial score (nSPS) is 14.1. The van der Waals surface area contributed by atoms with Crippen LogP contribution in [0.25, 0.3) is 0 Å². The molecule has 0 spiro atoms. The van der Waals surface area contributed by atoms with E-state index >= 15 is 0 Å². The Bertz CT molecular complexity index is 519. The van der Waals surface area contributed by atoms with Gasteiger partial charge in [-0.2, -0.15) is 0 Å². The minimum atomic E-state index is -3.16. The second kappa shape index (κ2) is 4.05. The summed E-state index contributed by atoms with van der Waals surface area (Å²) in [7, 11) is -3.16. The highest BCUT2D eigenvalue weighted by molar-refractivity contribution is 7.91. The number of aromatic nitrogens is 1. The van der Waals surface area contributed by atoms with Crippen LogP contribution in [-0.2, 0) is 20.0 Å². The molecule has 0 amide bonds. The first-order chi connectivity index (χ1) is 7.37. The van der Waals surface area contributed by atoms with Crippen molar-refractivity contribution in [1.29, 1.82) is 0 Å². The lowest BCUT2D eigenvalue weighted by Crippen LogP contribution is -2.28. The minimum Gasteiger partial charge on any atom is -0.244 e. The van der Waals surface area contributed by atoms with Crippen LogP contribution in [0.4, 0.5) is 0 Å². The summed E-state index contributed by atoms with van der Waals surface area (Å²) in [5, 5.41) is 0.683. The van der Waals surface area contributed by atoms with Crippen LogP contribution in [0.15, 0.2) is 0 Å². The van der Waals surface area contributed by atoms with Gasteiger partial charge in [0, 0.05) is 16.5 Å². The van der Waals surface area contributed by atoms with Gasteiger partial charge in [-0.25, -0.2) is 13.4 Å². The zero-order valence-corrected chi connectivity index (χ0v) is 13.2. The quantitative estimate of drug-likeness (QED) is 0.833. The van der Waals surface area contributed by atoms with E-state index in [1.165, 1.54) is 17.6 Å². The molecule has 1 aromatic heterocycles. The summed E-state index contributed by atoms with van der Waals surface area (Å²) in [6, 6.07) is 0. The first kappa shape index (κ1) is 14.6. The highest BCUT2D eigenvalue weighted by Crippen LogP contribution is 2.36. The molecule has 0 aliphatic carbocycles. The first-order valence-electron chi connectivity index (χ1n) is 5.55. The Morgan fingerprint density at radius 3 is 1.88 bits per heavy atom. The van der Waals surface area contributed by atoms with E-state index in [9.17, 15) is 8.42 Å². The highest BCUT2D eigenvalue weighted by Gasteiger charge is 2.37. The van der Waals surface area contributed by atoms with Crippen LogP contribution < -0.4 is 0 Å². The van der Waals surface area contributed by atoms with Gasteiger partial charge in [-0.15, -0.1) is 11.3 Å². The number of thiazole rings is 1. The Hall–Kier alpha value is -0.420. The lowest BCUT2D eigenvalue weighted by Gasteiger charge is -2.20. The van der Waals surface area contributed by atoms with Crippen LogP contribution >= 0.6 is 11.3 Å². The highest BCUT2D eigenvalue weighted by atomic mass is 32.2. The van der Waals surface area contributed by atoms with Gasteiger partial charge in [0.15, 0.2) is 9.84 Å². The third-order valence-electron chi connectivity index (χ3n) is 2.95.